The zero-order valence-electron chi connectivity index (χ0n) is 8.33. The number of aliphatic hydroxyl groups excluding tert-OH is 2. The zero-order chi connectivity index (χ0) is 11.4. The zero-order valence-corrected chi connectivity index (χ0v) is 8.33. The first-order valence-corrected chi connectivity index (χ1v) is 4.60. The molecule has 0 saturated carbocycles. The van der Waals surface area contributed by atoms with Crippen LogP contribution >= 0.6 is 0 Å². The third-order valence-corrected chi connectivity index (χ3v) is 2.15. The molecule has 5 nitrogen and oxygen atoms in total. The monoisotopic (exact) mass is 211 g/mol. The first-order valence-electron chi connectivity index (χ1n) is 4.60. The van der Waals surface area contributed by atoms with Crippen LogP contribution in [0.4, 0.5) is 5.69 Å². The summed E-state index contributed by atoms with van der Waals surface area (Å²) >= 11 is 0. The lowest BCUT2D eigenvalue weighted by atomic mass is 10.0. The summed E-state index contributed by atoms with van der Waals surface area (Å²) in [5.41, 5.74) is 0.777. The van der Waals surface area contributed by atoms with Crippen LogP contribution in [0.2, 0.25) is 0 Å². The second kappa shape index (κ2) is 4.86. The van der Waals surface area contributed by atoms with Gasteiger partial charge < -0.3 is 10.2 Å². The Morgan fingerprint density at radius 1 is 1.33 bits per heavy atom. The number of rotatable bonds is 4. The minimum atomic E-state index is -0.841. The molecule has 0 heterocycles. The molecule has 1 aromatic carbocycles. The van der Waals surface area contributed by atoms with Gasteiger partial charge in [-0.1, -0.05) is 12.1 Å². The number of hydrogen-bond donors (Lipinski definition) is 2. The highest BCUT2D eigenvalue weighted by Gasteiger charge is 2.12. The van der Waals surface area contributed by atoms with Crippen LogP contribution in [0.1, 0.15) is 12.5 Å². The lowest BCUT2D eigenvalue weighted by Gasteiger charge is -2.12. The van der Waals surface area contributed by atoms with E-state index in [-0.39, 0.29) is 12.1 Å². The topological polar surface area (TPSA) is 83.6 Å². The van der Waals surface area contributed by atoms with Crippen LogP contribution in [0.3, 0.4) is 0 Å². The molecule has 82 valence electrons. The van der Waals surface area contributed by atoms with E-state index in [2.05, 4.69) is 0 Å². The van der Waals surface area contributed by atoms with Crippen molar-refractivity contribution in [2.45, 2.75) is 25.6 Å². The molecule has 0 aromatic heterocycles. The van der Waals surface area contributed by atoms with E-state index in [0.29, 0.717) is 0 Å². The number of nitro benzene ring substituents is 1. The standard InChI is InChI=1S/C10H13NO4/c1-7(12)10(13)6-8-2-4-9(5-3-8)11(14)15/h2-5,7,10,12-13H,6H2,1H3. The van der Waals surface area contributed by atoms with Gasteiger partial charge in [-0.15, -0.1) is 0 Å². The van der Waals surface area contributed by atoms with Crippen LogP contribution in [0.5, 0.6) is 0 Å². The fraction of sp³-hybridized carbons (Fsp3) is 0.400. The Morgan fingerprint density at radius 2 is 1.87 bits per heavy atom. The van der Waals surface area contributed by atoms with Crippen LogP contribution in [0, 0.1) is 10.1 Å². The predicted molar refractivity (Wildman–Crippen MR) is 54.5 cm³/mol. The summed E-state index contributed by atoms with van der Waals surface area (Å²) in [6.45, 7) is 1.50. The number of non-ortho nitro benzene ring substituents is 1. The van der Waals surface area contributed by atoms with Crippen LogP contribution < -0.4 is 0 Å². The summed E-state index contributed by atoms with van der Waals surface area (Å²) in [4.78, 5) is 9.88. The molecule has 0 aliphatic rings. The van der Waals surface area contributed by atoms with Crippen LogP contribution in [0.15, 0.2) is 24.3 Å². The van der Waals surface area contributed by atoms with E-state index in [1.54, 1.807) is 12.1 Å². The molecule has 1 rings (SSSR count). The largest absolute Gasteiger partial charge is 0.391 e. The van der Waals surface area contributed by atoms with Crippen LogP contribution in [-0.4, -0.2) is 27.3 Å². The molecule has 0 spiro atoms. The molecule has 0 aliphatic carbocycles. The Morgan fingerprint density at radius 3 is 2.27 bits per heavy atom. The van der Waals surface area contributed by atoms with Gasteiger partial charge in [0, 0.05) is 18.6 Å². The summed E-state index contributed by atoms with van der Waals surface area (Å²) < 4.78 is 0. The SMILES string of the molecule is CC(O)C(O)Cc1ccc([N+](=O)[O-])cc1. The van der Waals surface area contributed by atoms with Gasteiger partial charge in [-0.05, 0) is 12.5 Å². The van der Waals surface area contributed by atoms with E-state index in [4.69, 9.17) is 5.11 Å². The summed E-state index contributed by atoms with van der Waals surface area (Å²) in [5.74, 6) is 0. The molecule has 0 aliphatic heterocycles. The van der Waals surface area contributed by atoms with Crippen molar-refractivity contribution >= 4 is 5.69 Å². The molecule has 0 bridgehead atoms. The maximum Gasteiger partial charge on any atom is 0.269 e. The highest BCUT2D eigenvalue weighted by molar-refractivity contribution is 5.33. The summed E-state index contributed by atoms with van der Waals surface area (Å²) in [6, 6.07) is 5.90. The van der Waals surface area contributed by atoms with Crippen molar-refractivity contribution < 1.29 is 15.1 Å². The normalized spacial score (nSPS) is 14.6. The van der Waals surface area contributed by atoms with E-state index in [9.17, 15) is 15.2 Å². The van der Waals surface area contributed by atoms with Gasteiger partial charge in [0.1, 0.15) is 0 Å². The quantitative estimate of drug-likeness (QED) is 0.572. The van der Waals surface area contributed by atoms with Gasteiger partial charge in [0.25, 0.3) is 5.69 Å². The van der Waals surface area contributed by atoms with Crippen molar-refractivity contribution in [1.29, 1.82) is 0 Å². The molecule has 2 unspecified atom stereocenters. The smallest absolute Gasteiger partial charge is 0.269 e. The van der Waals surface area contributed by atoms with E-state index in [0.717, 1.165) is 5.56 Å². The summed E-state index contributed by atoms with van der Waals surface area (Å²) in [5, 5.41) is 28.8. The number of benzene rings is 1. The average molecular weight is 211 g/mol. The second-order valence-electron chi connectivity index (χ2n) is 3.44. The third-order valence-electron chi connectivity index (χ3n) is 2.15. The Kier molecular flexibility index (Phi) is 3.76. The van der Waals surface area contributed by atoms with Crippen LogP contribution in [-0.2, 0) is 6.42 Å². The van der Waals surface area contributed by atoms with Gasteiger partial charge in [0.15, 0.2) is 0 Å². The number of aliphatic hydroxyl groups is 2. The third kappa shape index (κ3) is 3.30. The van der Waals surface area contributed by atoms with Crippen molar-refractivity contribution in [3.05, 3.63) is 39.9 Å². The minimum absolute atomic E-state index is 0.0188. The molecular formula is C10H13NO4. The van der Waals surface area contributed by atoms with E-state index < -0.39 is 17.1 Å². The van der Waals surface area contributed by atoms with Crippen molar-refractivity contribution in [3.63, 3.8) is 0 Å². The molecule has 15 heavy (non-hydrogen) atoms. The molecule has 2 atom stereocenters. The fourth-order valence-electron chi connectivity index (χ4n) is 1.17. The summed E-state index contributed by atoms with van der Waals surface area (Å²) in [6.07, 6.45) is -1.36. The highest BCUT2D eigenvalue weighted by atomic mass is 16.6. The van der Waals surface area contributed by atoms with Crippen molar-refractivity contribution in [3.8, 4) is 0 Å². The highest BCUT2D eigenvalue weighted by Crippen LogP contribution is 2.13. The van der Waals surface area contributed by atoms with Gasteiger partial charge in [0.2, 0.25) is 0 Å². The molecule has 0 radical (unpaired) electrons. The molecule has 2 N–H and O–H groups in total. The van der Waals surface area contributed by atoms with Gasteiger partial charge in [-0.2, -0.15) is 0 Å². The predicted octanol–water partition coefficient (Wildman–Crippen LogP) is 0.879. The molecular weight excluding hydrogens is 198 g/mol. The molecule has 0 amide bonds. The van der Waals surface area contributed by atoms with Crippen molar-refractivity contribution in [1.82, 2.24) is 0 Å². The Labute approximate surface area is 87.1 Å². The van der Waals surface area contributed by atoms with E-state index >= 15 is 0 Å². The van der Waals surface area contributed by atoms with Crippen molar-refractivity contribution in [2.75, 3.05) is 0 Å². The molecule has 1 aromatic rings. The Hall–Kier alpha value is -1.46. The summed E-state index contributed by atoms with van der Waals surface area (Å²) in [7, 11) is 0. The van der Waals surface area contributed by atoms with Gasteiger partial charge >= 0.3 is 0 Å². The Bertz CT molecular complexity index is 334. The van der Waals surface area contributed by atoms with Gasteiger partial charge in [-0.3, -0.25) is 10.1 Å². The average Bonchev–Trinajstić information content (AvgIpc) is 2.18. The fourth-order valence-corrected chi connectivity index (χ4v) is 1.17. The van der Waals surface area contributed by atoms with Gasteiger partial charge in [-0.25, -0.2) is 0 Å². The number of nitrogens with zero attached hydrogens (tertiary/aromatic N) is 1. The maximum atomic E-state index is 10.4. The van der Waals surface area contributed by atoms with Crippen LogP contribution in [0.25, 0.3) is 0 Å². The lowest BCUT2D eigenvalue weighted by molar-refractivity contribution is -0.384. The first kappa shape index (κ1) is 11.6. The molecule has 5 heteroatoms. The van der Waals surface area contributed by atoms with E-state index in [1.165, 1.54) is 19.1 Å². The molecule has 0 fully saturated rings. The van der Waals surface area contributed by atoms with E-state index in [1.807, 2.05) is 0 Å². The number of hydrogen-bond acceptors (Lipinski definition) is 4. The maximum absolute atomic E-state index is 10.4. The molecule has 0 saturated heterocycles. The van der Waals surface area contributed by atoms with Gasteiger partial charge in [0.05, 0.1) is 17.1 Å². The first-order chi connectivity index (χ1) is 7.00. The second-order valence-corrected chi connectivity index (χ2v) is 3.44. The van der Waals surface area contributed by atoms with Crippen molar-refractivity contribution in [2.24, 2.45) is 0 Å². The lowest BCUT2D eigenvalue weighted by Crippen LogP contribution is -2.24. The number of nitro groups is 1. The minimum Gasteiger partial charge on any atom is -0.391 e. The Balaban J connectivity index is 2.68.